The van der Waals surface area contributed by atoms with Gasteiger partial charge in [-0.05, 0) is 51.2 Å². The molecule has 0 bridgehead atoms. The second kappa shape index (κ2) is 7.38. The Balaban J connectivity index is 1.78. The second-order valence-electron chi connectivity index (χ2n) is 5.96. The normalized spacial score (nSPS) is 29.1. The molecule has 0 aromatic heterocycles. The van der Waals surface area contributed by atoms with E-state index >= 15 is 0 Å². The van der Waals surface area contributed by atoms with Crippen molar-refractivity contribution in [3.05, 3.63) is 0 Å². The summed E-state index contributed by atoms with van der Waals surface area (Å²) in [6.07, 6.45) is 11.7. The Bertz CT molecular complexity index is 197. The summed E-state index contributed by atoms with van der Waals surface area (Å²) in [5.41, 5.74) is 0. The smallest absolute Gasteiger partial charge is 0.00953 e. The van der Waals surface area contributed by atoms with Crippen molar-refractivity contribution in [1.82, 2.24) is 10.2 Å². The van der Waals surface area contributed by atoms with Gasteiger partial charge in [-0.15, -0.1) is 0 Å². The lowest BCUT2D eigenvalue weighted by molar-refractivity contribution is 0.112. The van der Waals surface area contributed by atoms with Gasteiger partial charge in [0.05, 0.1) is 0 Å². The van der Waals surface area contributed by atoms with Gasteiger partial charge in [-0.25, -0.2) is 0 Å². The van der Waals surface area contributed by atoms with Crippen molar-refractivity contribution < 1.29 is 0 Å². The first-order valence-corrected chi connectivity index (χ1v) is 7.85. The van der Waals surface area contributed by atoms with E-state index in [1.807, 2.05) is 0 Å². The molecule has 0 aromatic carbocycles. The Morgan fingerprint density at radius 1 is 1.00 bits per heavy atom. The molecule has 2 rings (SSSR count). The van der Waals surface area contributed by atoms with Crippen molar-refractivity contribution in [1.29, 1.82) is 0 Å². The van der Waals surface area contributed by atoms with Crippen LogP contribution in [0.3, 0.4) is 0 Å². The first-order valence-electron chi connectivity index (χ1n) is 7.85. The van der Waals surface area contributed by atoms with Crippen LogP contribution in [-0.2, 0) is 0 Å². The standard InChI is InChI=1S/C15H30N2/c1-2-16-12-14-8-7-11-17(13-14)15-9-5-3-4-6-10-15/h14-16H,2-13H2,1H3. The van der Waals surface area contributed by atoms with Gasteiger partial charge < -0.3 is 10.2 Å². The molecule has 2 nitrogen and oxygen atoms in total. The van der Waals surface area contributed by atoms with E-state index in [4.69, 9.17) is 0 Å². The largest absolute Gasteiger partial charge is 0.317 e. The maximum absolute atomic E-state index is 3.53. The second-order valence-corrected chi connectivity index (χ2v) is 5.96. The minimum Gasteiger partial charge on any atom is -0.317 e. The highest BCUT2D eigenvalue weighted by molar-refractivity contribution is 4.81. The van der Waals surface area contributed by atoms with E-state index in [1.165, 1.54) is 71.0 Å². The van der Waals surface area contributed by atoms with Gasteiger partial charge >= 0.3 is 0 Å². The first kappa shape index (κ1) is 13.4. The highest BCUT2D eigenvalue weighted by Gasteiger charge is 2.25. The number of piperidine rings is 1. The maximum atomic E-state index is 3.53. The van der Waals surface area contributed by atoms with Crippen LogP contribution < -0.4 is 5.32 Å². The molecule has 2 aliphatic rings. The monoisotopic (exact) mass is 238 g/mol. The van der Waals surface area contributed by atoms with Crippen molar-refractivity contribution in [3.8, 4) is 0 Å². The van der Waals surface area contributed by atoms with Gasteiger partial charge in [0.15, 0.2) is 0 Å². The van der Waals surface area contributed by atoms with Crippen LogP contribution in [0.2, 0.25) is 0 Å². The zero-order valence-corrected chi connectivity index (χ0v) is 11.6. The Labute approximate surface area is 107 Å². The third-order valence-electron chi connectivity index (χ3n) is 4.57. The van der Waals surface area contributed by atoms with Gasteiger partial charge in [-0.2, -0.15) is 0 Å². The van der Waals surface area contributed by atoms with Gasteiger partial charge in [-0.1, -0.05) is 32.6 Å². The number of likely N-dealkylation sites (tertiary alicyclic amines) is 1. The van der Waals surface area contributed by atoms with Crippen LogP contribution in [0.4, 0.5) is 0 Å². The van der Waals surface area contributed by atoms with Crippen LogP contribution in [0.15, 0.2) is 0 Å². The average Bonchev–Trinajstić information content (AvgIpc) is 2.65. The molecule has 1 heterocycles. The van der Waals surface area contributed by atoms with Crippen LogP contribution in [0.5, 0.6) is 0 Å². The first-order chi connectivity index (χ1) is 8.40. The van der Waals surface area contributed by atoms with E-state index in [-0.39, 0.29) is 0 Å². The van der Waals surface area contributed by atoms with E-state index in [0.717, 1.165) is 18.5 Å². The molecule has 0 radical (unpaired) electrons. The Kier molecular flexibility index (Phi) is 5.79. The minimum absolute atomic E-state index is 0.909. The van der Waals surface area contributed by atoms with E-state index in [0.29, 0.717) is 0 Å². The summed E-state index contributed by atoms with van der Waals surface area (Å²) < 4.78 is 0. The molecule has 1 saturated heterocycles. The molecule has 2 heteroatoms. The fraction of sp³-hybridized carbons (Fsp3) is 1.00. The summed E-state index contributed by atoms with van der Waals surface area (Å²) in [6.45, 7) is 7.30. The maximum Gasteiger partial charge on any atom is 0.00953 e. The van der Waals surface area contributed by atoms with Gasteiger partial charge in [0, 0.05) is 12.6 Å². The van der Waals surface area contributed by atoms with Crippen LogP contribution in [0.1, 0.15) is 58.3 Å². The molecule has 100 valence electrons. The van der Waals surface area contributed by atoms with Crippen LogP contribution in [-0.4, -0.2) is 37.1 Å². The molecule has 1 atom stereocenters. The average molecular weight is 238 g/mol. The zero-order chi connectivity index (χ0) is 11.9. The van der Waals surface area contributed by atoms with E-state index in [2.05, 4.69) is 17.1 Å². The summed E-state index contributed by atoms with van der Waals surface area (Å²) in [5.74, 6) is 0.909. The van der Waals surface area contributed by atoms with Gasteiger partial charge in [0.25, 0.3) is 0 Å². The van der Waals surface area contributed by atoms with Gasteiger partial charge in [-0.3, -0.25) is 0 Å². The lowest BCUT2D eigenvalue weighted by Crippen LogP contribution is -2.44. The summed E-state index contributed by atoms with van der Waals surface area (Å²) in [5, 5.41) is 3.53. The Hall–Kier alpha value is -0.0800. The molecular weight excluding hydrogens is 208 g/mol. The summed E-state index contributed by atoms with van der Waals surface area (Å²) in [6, 6.07) is 0.918. The summed E-state index contributed by atoms with van der Waals surface area (Å²) >= 11 is 0. The number of rotatable bonds is 4. The molecule has 1 unspecified atom stereocenters. The predicted molar refractivity (Wildman–Crippen MR) is 74.3 cm³/mol. The Morgan fingerprint density at radius 3 is 2.47 bits per heavy atom. The van der Waals surface area contributed by atoms with Crippen LogP contribution >= 0.6 is 0 Å². The minimum atomic E-state index is 0.909. The highest BCUT2D eigenvalue weighted by atomic mass is 15.2. The lowest BCUT2D eigenvalue weighted by atomic mass is 9.95. The van der Waals surface area contributed by atoms with Crippen LogP contribution in [0, 0.1) is 5.92 Å². The quantitative estimate of drug-likeness (QED) is 0.757. The number of hydrogen-bond acceptors (Lipinski definition) is 2. The van der Waals surface area contributed by atoms with Gasteiger partial charge in [0.1, 0.15) is 0 Å². The zero-order valence-electron chi connectivity index (χ0n) is 11.6. The summed E-state index contributed by atoms with van der Waals surface area (Å²) in [7, 11) is 0. The third-order valence-corrected chi connectivity index (χ3v) is 4.57. The fourth-order valence-electron chi connectivity index (χ4n) is 3.57. The fourth-order valence-corrected chi connectivity index (χ4v) is 3.57. The molecular formula is C15H30N2. The number of nitrogens with zero attached hydrogens (tertiary/aromatic N) is 1. The molecule has 0 spiro atoms. The topological polar surface area (TPSA) is 15.3 Å². The molecule has 1 aliphatic heterocycles. The van der Waals surface area contributed by atoms with Crippen LogP contribution in [0.25, 0.3) is 0 Å². The molecule has 0 amide bonds. The molecule has 1 aliphatic carbocycles. The lowest BCUT2D eigenvalue weighted by Gasteiger charge is -2.38. The van der Waals surface area contributed by atoms with Crippen molar-refractivity contribution in [2.75, 3.05) is 26.2 Å². The molecule has 0 aromatic rings. The molecule has 17 heavy (non-hydrogen) atoms. The number of nitrogens with one attached hydrogen (secondary N) is 1. The van der Waals surface area contributed by atoms with Crippen molar-refractivity contribution in [2.24, 2.45) is 5.92 Å². The van der Waals surface area contributed by atoms with Crippen molar-refractivity contribution in [3.63, 3.8) is 0 Å². The van der Waals surface area contributed by atoms with E-state index in [1.54, 1.807) is 0 Å². The SMILES string of the molecule is CCNCC1CCCN(C2CCCCCC2)C1. The molecule has 1 N–H and O–H groups in total. The van der Waals surface area contributed by atoms with Crippen molar-refractivity contribution in [2.45, 2.75) is 64.3 Å². The molecule has 2 fully saturated rings. The van der Waals surface area contributed by atoms with E-state index in [9.17, 15) is 0 Å². The highest BCUT2D eigenvalue weighted by Crippen LogP contribution is 2.26. The summed E-state index contributed by atoms with van der Waals surface area (Å²) in [4.78, 5) is 2.82. The number of hydrogen-bond donors (Lipinski definition) is 1. The Morgan fingerprint density at radius 2 is 1.76 bits per heavy atom. The predicted octanol–water partition coefficient (Wildman–Crippen LogP) is 3.03. The third kappa shape index (κ3) is 4.26. The van der Waals surface area contributed by atoms with E-state index < -0.39 is 0 Å². The van der Waals surface area contributed by atoms with Gasteiger partial charge in [0.2, 0.25) is 0 Å². The molecule has 1 saturated carbocycles. The van der Waals surface area contributed by atoms with Crippen molar-refractivity contribution >= 4 is 0 Å².